The van der Waals surface area contributed by atoms with Crippen LogP contribution in [0.15, 0.2) is 18.2 Å². The number of ether oxygens (including phenoxy) is 1. The van der Waals surface area contributed by atoms with Gasteiger partial charge in [-0.3, -0.25) is 0 Å². The van der Waals surface area contributed by atoms with Crippen LogP contribution in [0.25, 0.3) is 0 Å². The molecule has 0 spiro atoms. The van der Waals surface area contributed by atoms with Crippen LogP contribution >= 0.6 is 0 Å². The van der Waals surface area contributed by atoms with E-state index in [4.69, 9.17) is 4.74 Å². The van der Waals surface area contributed by atoms with Crippen LogP contribution in [0.2, 0.25) is 0 Å². The molecule has 1 fully saturated rings. The summed E-state index contributed by atoms with van der Waals surface area (Å²) in [5, 5.41) is 3.43. The lowest BCUT2D eigenvalue weighted by molar-refractivity contribution is 0.138. The second-order valence-corrected chi connectivity index (χ2v) is 6.38. The van der Waals surface area contributed by atoms with Gasteiger partial charge in [-0.25, -0.2) is 0 Å². The van der Waals surface area contributed by atoms with Crippen molar-refractivity contribution in [3.8, 4) is 5.75 Å². The van der Waals surface area contributed by atoms with Crippen molar-refractivity contribution < 1.29 is 4.74 Å². The molecule has 0 bridgehead atoms. The van der Waals surface area contributed by atoms with Gasteiger partial charge in [-0.15, -0.1) is 0 Å². The van der Waals surface area contributed by atoms with Crippen molar-refractivity contribution in [2.24, 2.45) is 5.92 Å². The molecule has 18 heavy (non-hydrogen) atoms. The number of rotatable bonds is 2. The third kappa shape index (κ3) is 2.54. The molecule has 1 saturated heterocycles. The summed E-state index contributed by atoms with van der Waals surface area (Å²) in [4.78, 5) is 0. The van der Waals surface area contributed by atoms with Crippen LogP contribution in [0.3, 0.4) is 0 Å². The molecule has 2 aliphatic rings. The lowest BCUT2D eigenvalue weighted by Gasteiger charge is -2.22. The Hall–Kier alpha value is -1.02. The second-order valence-electron chi connectivity index (χ2n) is 6.38. The molecule has 3 rings (SSSR count). The van der Waals surface area contributed by atoms with Gasteiger partial charge < -0.3 is 10.1 Å². The number of hydrogen-bond acceptors (Lipinski definition) is 2. The molecule has 0 amide bonds. The predicted octanol–water partition coefficient (Wildman–Crippen LogP) is 2.94. The van der Waals surface area contributed by atoms with E-state index in [1.807, 2.05) is 0 Å². The minimum absolute atomic E-state index is 0.0181. The minimum atomic E-state index is -0.0181. The Morgan fingerprint density at radius 2 is 2.06 bits per heavy atom. The summed E-state index contributed by atoms with van der Waals surface area (Å²) in [5.74, 6) is 1.95. The summed E-state index contributed by atoms with van der Waals surface area (Å²) in [6.07, 6.45) is 4.91. The van der Waals surface area contributed by atoms with E-state index in [2.05, 4.69) is 37.4 Å². The molecule has 1 aromatic carbocycles. The molecule has 1 N–H and O–H groups in total. The van der Waals surface area contributed by atoms with Crippen LogP contribution in [0.5, 0.6) is 5.75 Å². The molecule has 0 aromatic heterocycles. The van der Waals surface area contributed by atoms with Gasteiger partial charge >= 0.3 is 0 Å². The largest absolute Gasteiger partial charge is 0.487 e. The smallest absolute Gasteiger partial charge is 0.123 e. The molecule has 2 nitrogen and oxygen atoms in total. The van der Waals surface area contributed by atoms with E-state index in [1.54, 1.807) is 0 Å². The van der Waals surface area contributed by atoms with Crippen molar-refractivity contribution in [3.05, 3.63) is 29.3 Å². The fraction of sp³-hybridized carbons (Fsp3) is 0.625. The molecule has 2 aliphatic heterocycles. The molecule has 0 atom stereocenters. The Balaban J connectivity index is 1.71. The van der Waals surface area contributed by atoms with Crippen molar-refractivity contribution in [2.75, 3.05) is 13.1 Å². The van der Waals surface area contributed by atoms with Crippen LogP contribution in [-0.4, -0.2) is 18.7 Å². The van der Waals surface area contributed by atoms with Gasteiger partial charge in [0.15, 0.2) is 0 Å². The Bertz CT molecular complexity index is 433. The highest BCUT2D eigenvalue weighted by Crippen LogP contribution is 2.35. The molecule has 2 heterocycles. The first-order valence-electron chi connectivity index (χ1n) is 7.14. The second kappa shape index (κ2) is 4.58. The summed E-state index contributed by atoms with van der Waals surface area (Å²) in [6, 6.07) is 6.79. The van der Waals surface area contributed by atoms with E-state index in [0.29, 0.717) is 0 Å². The van der Waals surface area contributed by atoms with Crippen LogP contribution < -0.4 is 10.1 Å². The first kappa shape index (κ1) is 12.0. The van der Waals surface area contributed by atoms with E-state index >= 15 is 0 Å². The molecule has 1 aromatic rings. The summed E-state index contributed by atoms with van der Waals surface area (Å²) in [5.41, 5.74) is 2.86. The zero-order chi connectivity index (χ0) is 12.6. The maximum absolute atomic E-state index is 5.93. The molecule has 0 radical (unpaired) electrons. The first-order chi connectivity index (χ1) is 8.62. The van der Waals surface area contributed by atoms with Gasteiger partial charge in [0.2, 0.25) is 0 Å². The molecular weight excluding hydrogens is 222 g/mol. The molecule has 0 saturated carbocycles. The maximum Gasteiger partial charge on any atom is 0.123 e. The van der Waals surface area contributed by atoms with Crippen LogP contribution in [-0.2, 0) is 12.8 Å². The Kier molecular flexibility index (Phi) is 3.06. The van der Waals surface area contributed by atoms with Crippen LogP contribution in [0.4, 0.5) is 0 Å². The monoisotopic (exact) mass is 245 g/mol. The van der Waals surface area contributed by atoms with Crippen molar-refractivity contribution in [3.63, 3.8) is 0 Å². The fourth-order valence-corrected chi connectivity index (χ4v) is 3.21. The zero-order valence-corrected chi connectivity index (χ0v) is 11.5. The van der Waals surface area contributed by atoms with Gasteiger partial charge in [-0.05, 0) is 69.3 Å². The molecule has 2 heteroatoms. The number of fused-ring (bicyclic) bond motifs is 1. The molecule has 0 aliphatic carbocycles. The number of nitrogens with one attached hydrogen (secondary N) is 1. The number of hydrogen-bond donors (Lipinski definition) is 1. The van der Waals surface area contributed by atoms with Crippen molar-refractivity contribution in [2.45, 2.75) is 45.1 Å². The average molecular weight is 245 g/mol. The van der Waals surface area contributed by atoms with E-state index in [9.17, 15) is 0 Å². The fourth-order valence-electron chi connectivity index (χ4n) is 3.21. The average Bonchev–Trinajstić information content (AvgIpc) is 2.63. The zero-order valence-electron chi connectivity index (χ0n) is 11.5. The van der Waals surface area contributed by atoms with Gasteiger partial charge in [0.1, 0.15) is 11.4 Å². The highest BCUT2D eigenvalue weighted by Gasteiger charge is 2.30. The summed E-state index contributed by atoms with van der Waals surface area (Å²) in [6.45, 7) is 6.70. The Labute approximate surface area is 110 Å². The van der Waals surface area contributed by atoms with Gasteiger partial charge in [-0.1, -0.05) is 12.1 Å². The molecule has 98 valence electrons. The van der Waals surface area contributed by atoms with Crippen molar-refractivity contribution >= 4 is 0 Å². The highest BCUT2D eigenvalue weighted by atomic mass is 16.5. The lowest BCUT2D eigenvalue weighted by atomic mass is 9.90. The standard InChI is InChI=1S/C16H23NO/c1-16(2)11-14-10-13(3-4-15(14)18-16)9-12-5-7-17-8-6-12/h3-4,10,12,17H,5-9,11H2,1-2H3. The minimum Gasteiger partial charge on any atom is -0.487 e. The van der Waals surface area contributed by atoms with Crippen molar-refractivity contribution in [1.82, 2.24) is 5.32 Å². The molecule has 0 unspecified atom stereocenters. The SMILES string of the molecule is CC1(C)Cc2cc(CC3CCNCC3)ccc2O1. The van der Waals surface area contributed by atoms with Gasteiger partial charge in [0, 0.05) is 6.42 Å². The van der Waals surface area contributed by atoms with Gasteiger partial charge in [0.05, 0.1) is 0 Å². The Morgan fingerprint density at radius 1 is 1.28 bits per heavy atom. The van der Waals surface area contributed by atoms with Gasteiger partial charge in [0.25, 0.3) is 0 Å². The topological polar surface area (TPSA) is 21.3 Å². The third-order valence-corrected chi connectivity index (χ3v) is 4.11. The predicted molar refractivity (Wildman–Crippen MR) is 74.2 cm³/mol. The summed E-state index contributed by atoms with van der Waals surface area (Å²) >= 11 is 0. The van der Waals surface area contributed by atoms with E-state index in [0.717, 1.165) is 18.1 Å². The summed E-state index contributed by atoms with van der Waals surface area (Å²) in [7, 11) is 0. The van der Waals surface area contributed by atoms with Crippen LogP contribution in [0, 0.1) is 5.92 Å². The number of benzene rings is 1. The highest BCUT2D eigenvalue weighted by molar-refractivity contribution is 5.41. The lowest BCUT2D eigenvalue weighted by Crippen LogP contribution is -2.28. The van der Waals surface area contributed by atoms with E-state index < -0.39 is 0 Å². The van der Waals surface area contributed by atoms with E-state index in [1.165, 1.54) is 43.5 Å². The first-order valence-corrected chi connectivity index (χ1v) is 7.14. The quantitative estimate of drug-likeness (QED) is 0.865. The van der Waals surface area contributed by atoms with Crippen LogP contribution in [0.1, 0.15) is 37.8 Å². The van der Waals surface area contributed by atoms with Gasteiger partial charge in [-0.2, -0.15) is 0 Å². The van der Waals surface area contributed by atoms with Crippen molar-refractivity contribution in [1.29, 1.82) is 0 Å². The van der Waals surface area contributed by atoms with E-state index in [-0.39, 0.29) is 5.60 Å². The number of piperidine rings is 1. The summed E-state index contributed by atoms with van der Waals surface area (Å²) < 4.78 is 5.93. The maximum atomic E-state index is 5.93. The Morgan fingerprint density at radius 3 is 2.83 bits per heavy atom. The third-order valence-electron chi connectivity index (χ3n) is 4.11. The molecular formula is C16H23NO. The normalized spacial score (nSPS) is 22.6.